The monoisotopic (exact) mass is 547 g/mol. The zero-order chi connectivity index (χ0) is 28.9. The molecule has 0 saturated carbocycles. The fourth-order valence-electron chi connectivity index (χ4n) is 4.47. The molecule has 11 heteroatoms. The summed E-state index contributed by atoms with van der Waals surface area (Å²) in [4.78, 5) is 42.5. The molecular formula is C29H33N5O6. The predicted octanol–water partition coefficient (Wildman–Crippen LogP) is 4.08. The van der Waals surface area contributed by atoms with E-state index in [0.29, 0.717) is 16.9 Å². The summed E-state index contributed by atoms with van der Waals surface area (Å²) in [5, 5.41) is 6.22. The normalized spacial score (nSPS) is 13.4. The number of amides is 2. The summed E-state index contributed by atoms with van der Waals surface area (Å²) in [6, 6.07) is 19.7. The zero-order valence-corrected chi connectivity index (χ0v) is 22.6. The van der Waals surface area contributed by atoms with Crippen LogP contribution in [-0.4, -0.2) is 43.5 Å². The molecule has 0 radical (unpaired) electrons. The fourth-order valence-corrected chi connectivity index (χ4v) is 4.47. The lowest BCUT2D eigenvalue weighted by molar-refractivity contribution is 0.0444. The smallest absolute Gasteiger partial charge is 0.444 e. The van der Waals surface area contributed by atoms with Gasteiger partial charge in [-0.05, 0) is 61.2 Å². The molecule has 11 nitrogen and oxygen atoms in total. The average Bonchev–Trinajstić information content (AvgIpc) is 3.22. The topological polar surface area (TPSA) is 158 Å². The molecule has 0 fully saturated rings. The average molecular weight is 548 g/mol. The van der Waals surface area contributed by atoms with Gasteiger partial charge in [0.15, 0.2) is 0 Å². The number of hydrogen-bond acceptors (Lipinski definition) is 9. The second-order valence-electron chi connectivity index (χ2n) is 10.1. The molecule has 3 aromatic carbocycles. The summed E-state index contributed by atoms with van der Waals surface area (Å²) in [6.07, 6.45) is -1.55. The number of hydrogen-bond donors (Lipinski definition) is 4. The van der Waals surface area contributed by atoms with Crippen LogP contribution < -0.4 is 27.4 Å². The van der Waals surface area contributed by atoms with E-state index in [4.69, 9.17) is 25.9 Å². The van der Waals surface area contributed by atoms with Gasteiger partial charge >= 0.3 is 12.2 Å². The van der Waals surface area contributed by atoms with Gasteiger partial charge in [-0.15, -0.1) is 5.17 Å². The van der Waals surface area contributed by atoms with E-state index in [-0.39, 0.29) is 31.5 Å². The summed E-state index contributed by atoms with van der Waals surface area (Å²) < 4.78 is 10.6. The minimum Gasteiger partial charge on any atom is -0.444 e. The van der Waals surface area contributed by atoms with E-state index in [0.717, 1.165) is 27.4 Å². The summed E-state index contributed by atoms with van der Waals surface area (Å²) in [6.45, 7) is 5.71. The number of nitrogen functional groups attached to an aromatic ring is 1. The Morgan fingerprint density at radius 2 is 1.57 bits per heavy atom. The Bertz CT molecular complexity index is 1400. The number of benzene rings is 3. The Morgan fingerprint density at radius 3 is 2.33 bits per heavy atom. The number of rotatable bonds is 8. The highest BCUT2D eigenvalue weighted by atomic mass is 16.8. The SMILES string of the molecule is CC(C)(C)OC(=O)NCCNC(=O)c1cccc2c1-c1ccccc1C2COC(=O)ON(N)c1ccccc1N. The number of hydrazine groups is 1. The number of nitrogens with one attached hydrogen (secondary N) is 2. The molecule has 40 heavy (non-hydrogen) atoms. The standard InChI is InChI=1S/C29H33N5O6/c1-29(2,3)39-27(36)33-16-15-32-26(35)21-12-8-11-20-22(18-9-4-5-10-19(18)25(20)21)17-38-28(37)40-34(31)24-14-7-6-13-23(24)30/h4-14,22H,15-17,30-31H2,1-3H3,(H,32,35)(H,33,36). The number of alkyl carbamates (subject to hydrolysis) is 1. The molecule has 6 N–H and O–H groups in total. The van der Waals surface area contributed by atoms with Crippen LogP contribution in [0.4, 0.5) is 21.0 Å². The van der Waals surface area contributed by atoms with Crippen LogP contribution in [0.5, 0.6) is 0 Å². The van der Waals surface area contributed by atoms with Gasteiger partial charge in [0.25, 0.3) is 5.91 Å². The lowest BCUT2D eigenvalue weighted by Crippen LogP contribution is -2.38. The summed E-state index contributed by atoms with van der Waals surface area (Å²) in [5.41, 5.74) is 9.77. The first-order valence-corrected chi connectivity index (χ1v) is 12.8. The van der Waals surface area contributed by atoms with Crippen molar-refractivity contribution in [2.45, 2.75) is 32.3 Å². The molecule has 1 aliphatic carbocycles. The van der Waals surface area contributed by atoms with Crippen LogP contribution in [0, 0.1) is 0 Å². The molecule has 0 aliphatic heterocycles. The molecule has 4 rings (SSSR count). The largest absolute Gasteiger partial charge is 0.534 e. The maximum atomic E-state index is 13.2. The van der Waals surface area contributed by atoms with Crippen LogP contribution in [0.25, 0.3) is 11.1 Å². The number of carbonyl (C=O) groups is 3. The van der Waals surface area contributed by atoms with Crippen molar-refractivity contribution in [3.63, 3.8) is 0 Å². The van der Waals surface area contributed by atoms with Crippen molar-refractivity contribution < 1.29 is 28.7 Å². The zero-order valence-electron chi connectivity index (χ0n) is 22.6. The lowest BCUT2D eigenvalue weighted by Gasteiger charge is -2.19. The molecule has 1 atom stereocenters. The van der Waals surface area contributed by atoms with Gasteiger partial charge in [-0.25, -0.2) is 15.4 Å². The van der Waals surface area contributed by atoms with E-state index < -0.39 is 17.8 Å². The van der Waals surface area contributed by atoms with E-state index in [2.05, 4.69) is 10.6 Å². The Labute approximate surface area is 232 Å². The Balaban J connectivity index is 1.43. The number of ether oxygens (including phenoxy) is 2. The number of fused-ring (bicyclic) bond motifs is 3. The minimum absolute atomic E-state index is 0.0359. The maximum Gasteiger partial charge on any atom is 0.534 e. The van der Waals surface area contributed by atoms with Crippen molar-refractivity contribution in [2.75, 3.05) is 30.6 Å². The molecule has 2 amide bonds. The number of nitrogens with zero attached hydrogens (tertiary/aromatic N) is 1. The van der Waals surface area contributed by atoms with Crippen molar-refractivity contribution >= 4 is 29.5 Å². The quantitative estimate of drug-likeness (QED) is 0.107. The third-order valence-corrected chi connectivity index (χ3v) is 6.12. The summed E-state index contributed by atoms with van der Waals surface area (Å²) in [7, 11) is 0. The Morgan fingerprint density at radius 1 is 0.900 bits per heavy atom. The van der Waals surface area contributed by atoms with Gasteiger partial charge in [0.2, 0.25) is 0 Å². The third-order valence-electron chi connectivity index (χ3n) is 6.12. The molecule has 1 unspecified atom stereocenters. The second-order valence-corrected chi connectivity index (χ2v) is 10.1. The van der Waals surface area contributed by atoms with E-state index in [9.17, 15) is 14.4 Å². The van der Waals surface area contributed by atoms with Crippen LogP contribution in [0.1, 0.15) is 48.2 Å². The van der Waals surface area contributed by atoms with Crippen LogP contribution >= 0.6 is 0 Å². The highest BCUT2D eigenvalue weighted by Crippen LogP contribution is 2.46. The minimum atomic E-state index is -0.997. The van der Waals surface area contributed by atoms with Gasteiger partial charge in [-0.2, -0.15) is 0 Å². The summed E-state index contributed by atoms with van der Waals surface area (Å²) >= 11 is 0. The third kappa shape index (κ3) is 6.62. The molecule has 0 aromatic heterocycles. The molecule has 3 aromatic rings. The molecule has 0 saturated heterocycles. The van der Waals surface area contributed by atoms with Crippen molar-refractivity contribution in [1.29, 1.82) is 0 Å². The van der Waals surface area contributed by atoms with Crippen molar-refractivity contribution in [1.82, 2.24) is 10.6 Å². The molecule has 1 aliphatic rings. The highest BCUT2D eigenvalue weighted by molar-refractivity contribution is 6.03. The first kappa shape index (κ1) is 28.2. The fraction of sp³-hybridized carbons (Fsp3) is 0.276. The van der Waals surface area contributed by atoms with Crippen LogP contribution in [-0.2, 0) is 14.3 Å². The first-order chi connectivity index (χ1) is 19.0. The van der Waals surface area contributed by atoms with E-state index >= 15 is 0 Å². The molecule has 0 spiro atoms. The van der Waals surface area contributed by atoms with Crippen molar-refractivity contribution in [3.8, 4) is 11.1 Å². The van der Waals surface area contributed by atoms with Crippen LogP contribution in [0.15, 0.2) is 66.7 Å². The molecule has 210 valence electrons. The van der Waals surface area contributed by atoms with Gasteiger partial charge in [0.05, 0.1) is 5.69 Å². The van der Waals surface area contributed by atoms with Crippen LogP contribution in [0.3, 0.4) is 0 Å². The second kappa shape index (κ2) is 12.0. The van der Waals surface area contributed by atoms with E-state index in [1.807, 2.05) is 30.3 Å². The number of carbonyl (C=O) groups excluding carboxylic acids is 3. The van der Waals surface area contributed by atoms with Crippen molar-refractivity contribution in [3.05, 3.63) is 83.4 Å². The molecule has 0 bridgehead atoms. The van der Waals surface area contributed by atoms with E-state index in [1.165, 1.54) is 0 Å². The maximum absolute atomic E-state index is 13.2. The highest BCUT2D eigenvalue weighted by Gasteiger charge is 2.33. The molecular weight excluding hydrogens is 514 g/mol. The van der Waals surface area contributed by atoms with Gasteiger partial charge in [0, 0.05) is 24.6 Å². The van der Waals surface area contributed by atoms with Crippen molar-refractivity contribution in [2.24, 2.45) is 5.84 Å². The van der Waals surface area contributed by atoms with Gasteiger partial charge in [-0.1, -0.05) is 48.5 Å². The number of anilines is 2. The first-order valence-electron chi connectivity index (χ1n) is 12.8. The Hall–Kier alpha value is -4.77. The van der Waals surface area contributed by atoms with E-state index in [1.54, 1.807) is 57.2 Å². The number of nitrogens with two attached hydrogens (primary N) is 2. The summed E-state index contributed by atoms with van der Waals surface area (Å²) in [5.74, 6) is 5.22. The Kier molecular flexibility index (Phi) is 8.44. The van der Waals surface area contributed by atoms with Crippen LogP contribution in [0.2, 0.25) is 0 Å². The van der Waals surface area contributed by atoms with Gasteiger partial charge in [0.1, 0.15) is 17.9 Å². The van der Waals surface area contributed by atoms with Gasteiger partial charge < -0.3 is 25.8 Å². The van der Waals surface area contributed by atoms with Gasteiger partial charge in [-0.3, -0.25) is 9.63 Å². The lowest BCUT2D eigenvalue weighted by atomic mass is 9.96. The number of para-hydroxylation sites is 2. The molecule has 0 heterocycles. The predicted molar refractivity (Wildman–Crippen MR) is 150 cm³/mol.